The molecule has 24 heavy (non-hydrogen) atoms. The van der Waals surface area contributed by atoms with Crippen molar-refractivity contribution >= 4 is 11.9 Å². The molecule has 2 aromatic heterocycles. The van der Waals surface area contributed by atoms with E-state index in [0.717, 1.165) is 37.5 Å². The second-order valence-electron chi connectivity index (χ2n) is 5.74. The van der Waals surface area contributed by atoms with Crippen molar-refractivity contribution in [3.63, 3.8) is 0 Å². The number of hydrogen-bond acceptors (Lipinski definition) is 5. The van der Waals surface area contributed by atoms with Crippen molar-refractivity contribution in [1.29, 1.82) is 0 Å². The maximum absolute atomic E-state index is 12.1. The number of carboxylic acid groups (broad SMARTS) is 1. The van der Waals surface area contributed by atoms with Gasteiger partial charge in [0.15, 0.2) is 0 Å². The summed E-state index contributed by atoms with van der Waals surface area (Å²) in [4.78, 5) is 26.5. The number of rotatable bonds is 5. The van der Waals surface area contributed by atoms with Crippen LogP contribution in [-0.4, -0.2) is 43.3 Å². The standard InChI is InChI=1S/C16H19N5O3/c22-15(11-5-6-12(16(23)24)18-10-11)17-8-7-14-20-19-13-4-2-1-3-9-21(13)14/h5-6,10H,1-4,7-9H2,(H,17,22)(H,23,24). The number of hydrogen-bond donors (Lipinski definition) is 2. The van der Waals surface area contributed by atoms with Gasteiger partial charge in [-0.15, -0.1) is 10.2 Å². The van der Waals surface area contributed by atoms with Crippen molar-refractivity contribution in [3.05, 3.63) is 41.2 Å². The van der Waals surface area contributed by atoms with Gasteiger partial charge < -0.3 is 15.0 Å². The Kier molecular flexibility index (Phi) is 4.83. The maximum Gasteiger partial charge on any atom is 0.354 e. The van der Waals surface area contributed by atoms with Crippen LogP contribution in [0.5, 0.6) is 0 Å². The van der Waals surface area contributed by atoms with Crippen LogP contribution in [-0.2, 0) is 19.4 Å². The molecular formula is C16H19N5O3. The lowest BCUT2D eigenvalue weighted by atomic mass is 10.2. The smallest absolute Gasteiger partial charge is 0.354 e. The second-order valence-corrected chi connectivity index (χ2v) is 5.74. The quantitative estimate of drug-likeness (QED) is 0.849. The number of aryl methyl sites for hydroxylation is 1. The Morgan fingerprint density at radius 1 is 1.21 bits per heavy atom. The van der Waals surface area contributed by atoms with Crippen molar-refractivity contribution in [2.75, 3.05) is 6.54 Å². The summed E-state index contributed by atoms with van der Waals surface area (Å²) >= 11 is 0. The molecule has 3 heterocycles. The molecule has 1 aliphatic heterocycles. The van der Waals surface area contributed by atoms with Gasteiger partial charge in [-0.1, -0.05) is 6.42 Å². The molecule has 1 aliphatic rings. The summed E-state index contributed by atoms with van der Waals surface area (Å²) in [5, 5.41) is 20.1. The largest absolute Gasteiger partial charge is 0.477 e. The molecular weight excluding hydrogens is 310 g/mol. The van der Waals surface area contributed by atoms with Crippen molar-refractivity contribution in [1.82, 2.24) is 25.1 Å². The summed E-state index contributed by atoms with van der Waals surface area (Å²) in [7, 11) is 0. The minimum atomic E-state index is -1.12. The third-order valence-electron chi connectivity index (χ3n) is 4.07. The molecule has 3 rings (SSSR count). The van der Waals surface area contributed by atoms with Crippen molar-refractivity contribution in [2.24, 2.45) is 0 Å². The summed E-state index contributed by atoms with van der Waals surface area (Å²) in [6.07, 6.45) is 6.32. The first-order chi connectivity index (χ1) is 11.6. The van der Waals surface area contributed by atoms with E-state index in [1.54, 1.807) is 0 Å². The molecule has 0 aliphatic carbocycles. The van der Waals surface area contributed by atoms with Gasteiger partial charge in [-0.3, -0.25) is 4.79 Å². The molecule has 0 fully saturated rings. The van der Waals surface area contributed by atoms with E-state index in [0.29, 0.717) is 18.5 Å². The average molecular weight is 329 g/mol. The van der Waals surface area contributed by atoms with E-state index >= 15 is 0 Å². The zero-order valence-corrected chi connectivity index (χ0v) is 13.2. The Morgan fingerprint density at radius 3 is 2.83 bits per heavy atom. The number of carbonyl (C=O) groups is 2. The molecule has 1 amide bonds. The fourth-order valence-electron chi connectivity index (χ4n) is 2.77. The van der Waals surface area contributed by atoms with E-state index in [-0.39, 0.29) is 11.6 Å². The zero-order valence-electron chi connectivity index (χ0n) is 13.2. The lowest BCUT2D eigenvalue weighted by Gasteiger charge is -2.08. The van der Waals surface area contributed by atoms with Gasteiger partial charge in [-0.2, -0.15) is 0 Å². The third kappa shape index (κ3) is 3.58. The van der Waals surface area contributed by atoms with Crippen LogP contribution in [0.25, 0.3) is 0 Å². The first-order valence-electron chi connectivity index (χ1n) is 8.03. The highest BCUT2D eigenvalue weighted by Gasteiger charge is 2.15. The number of nitrogens with zero attached hydrogens (tertiary/aromatic N) is 4. The Balaban J connectivity index is 1.55. The van der Waals surface area contributed by atoms with E-state index in [4.69, 9.17) is 5.11 Å². The first kappa shape index (κ1) is 16.1. The van der Waals surface area contributed by atoms with Gasteiger partial charge >= 0.3 is 5.97 Å². The molecule has 0 saturated heterocycles. The van der Waals surface area contributed by atoms with E-state index < -0.39 is 5.97 Å². The number of pyridine rings is 1. The second kappa shape index (κ2) is 7.20. The monoisotopic (exact) mass is 329 g/mol. The zero-order chi connectivity index (χ0) is 16.9. The van der Waals surface area contributed by atoms with Crippen LogP contribution in [0, 0.1) is 0 Å². The molecule has 0 bridgehead atoms. The fourth-order valence-corrected chi connectivity index (χ4v) is 2.77. The molecule has 2 N–H and O–H groups in total. The molecule has 2 aromatic rings. The lowest BCUT2D eigenvalue weighted by molar-refractivity contribution is 0.0689. The molecule has 0 spiro atoms. The van der Waals surface area contributed by atoms with E-state index in [9.17, 15) is 9.59 Å². The summed E-state index contributed by atoms with van der Waals surface area (Å²) in [6, 6.07) is 2.77. The van der Waals surface area contributed by atoms with Gasteiger partial charge in [0.1, 0.15) is 17.3 Å². The van der Waals surface area contributed by atoms with Crippen LogP contribution < -0.4 is 5.32 Å². The number of fused-ring (bicyclic) bond motifs is 1. The summed E-state index contributed by atoms with van der Waals surface area (Å²) in [5.41, 5.74) is 0.248. The third-order valence-corrected chi connectivity index (χ3v) is 4.07. The van der Waals surface area contributed by atoms with Crippen molar-refractivity contribution in [2.45, 2.75) is 38.6 Å². The number of carboxylic acids is 1. The van der Waals surface area contributed by atoms with Crippen LogP contribution in [0.4, 0.5) is 0 Å². The fraction of sp³-hybridized carbons (Fsp3) is 0.438. The predicted octanol–water partition coefficient (Wildman–Crippen LogP) is 1.07. The average Bonchev–Trinajstić information content (AvgIpc) is 2.81. The number of carbonyl (C=O) groups excluding carboxylic acids is 1. The topological polar surface area (TPSA) is 110 Å². The van der Waals surface area contributed by atoms with Crippen LogP contribution in [0.2, 0.25) is 0 Å². The van der Waals surface area contributed by atoms with Gasteiger partial charge in [0.25, 0.3) is 5.91 Å². The van der Waals surface area contributed by atoms with Crippen LogP contribution in [0.3, 0.4) is 0 Å². The minimum Gasteiger partial charge on any atom is -0.477 e. The van der Waals surface area contributed by atoms with Crippen LogP contribution in [0.15, 0.2) is 18.3 Å². The normalized spacial score (nSPS) is 13.8. The number of amides is 1. The first-order valence-corrected chi connectivity index (χ1v) is 8.03. The minimum absolute atomic E-state index is 0.0855. The molecule has 0 aromatic carbocycles. The van der Waals surface area contributed by atoms with Crippen LogP contribution >= 0.6 is 0 Å². The predicted molar refractivity (Wildman–Crippen MR) is 84.8 cm³/mol. The molecule has 0 atom stereocenters. The molecule has 8 nitrogen and oxygen atoms in total. The van der Waals surface area contributed by atoms with Gasteiger partial charge in [-0.25, -0.2) is 9.78 Å². The molecule has 0 saturated carbocycles. The molecule has 0 unspecified atom stereocenters. The van der Waals surface area contributed by atoms with Crippen molar-refractivity contribution < 1.29 is 14.7 Å². The van der Waals surface area contributed by atoms with E-state index in [1.165, 1.54) is 24.8 Å². The highest BCUT2D eigenvalue weighted by atomic mass is 16.4. The lowest BCUT2D eigenvalue weighted by Crippen LogP contribution is -2.26. The van der Waals surface area contributed by atoms with Gasteiger partial charge in [0.05, 0.1) is 5.56 Å². The summed E-state index contributed by atoms with van der Waals surface area (Å²) < 4.78 is 2.16. The highest BCUT2D eigenvalue weighted by Crippen LogP contribution is 2.14. The van der Waals surface area contributed by atoms with Crippen LogP contribution in [0.1, 0.15) is 51.8 Å². The Labute approximate surface area is 138 Å². The Bertz CT molecular complexity index is 739. The van der Waals surface area contributed by atoms with E-state index in [1.807, 2.05) is 0 Å². The summed E-state index contributed by atoms with van der Waals surface area (Å²) in [5.74, 6) is 0.526. The van der Waals surface area contributed by atoms with Gasteiger partial charge in [-0.05, 0) is 25.0 Å². The SMILES string of the molecule is O=C(NCCc1nnc2n1CCCCC2)c1ccc(C(=O)O)nc1. The Morgan fingerprint density at radius 2 is 2.08 bits per heavy atom. The van der Waals surface area contributed by atoms with Crippen molar-refractivity contribution in [3.8, 4) is 0 Å². The molecule has 8 heteroatoms. The van der Waals surface area contributed by atoms with Gasteiger partial charge in [0.2, 0.25) is 0 Å². The molecule has 126 valence electrons. The Hall–Kier alpha value is -2.77. The maximum atomic E-state index is 12.1. The summed E-state index contributed by atoms with van der Waals surface area (Å²) in [6.45, 7) is 1.38. The number of nitrogens with one attached hydrogen (secondary N) is 1. The van der Waals surface area contributed by atoms with E-state index in [2.05, 4.69) is 25.1 Å². The number of aromatic carboxylic acids is 1. The van der Waals surface area contributed by atoms with Gasteiger partial charge in [0, 0.05) is 32.1 Å². The highest BCUT2D eigenvalue weighted by molar-refractivity contribution is 5.94. The number of aromatic nitrogens is 4. The molecule has 0 radical (unpaired) electrons.